The van der Waals surface area contributed by atoms with Crippen molar-refractivity contribution in [2.75, 3.05) is 13.2 Å². The van der Waals surface area contributed by atoms with Crippen LogP contribution < -0.4 is 9.47 Å². The molecule has 0 amide bonds. The van der Waals surface area contributed by atoms with E-state index in [9.17, 15) is 0 Å². The molecule has 0 saturated carbocycles. The summed E-state index contributed by atoms with van der Waals surface area (Å²) in [6.45, 7) is 5.96. The van der Waals surface area contributed by atoms with Crippen molar-refractivity contribution in [2.24, 2.45) is 0 Å². The van der Waals surface area contributed by atoms with Crippen molar-refractivity contribution in [2.45, 2.75) is 90.9 Å². The third-order valence-corrected chi connectivity index (χ3v) is 5.11. The maximum Gasteiger partial charge on any atom is 0.149 e. The second-order valence-corrected chi connectivity index (χ2v) is 7.59. The molecule has 0 atom stereocenters. The SMILES string of the molecule is CCCCCCCCOc1cnnc2c(OCCCCCCCC)cccc12. The second-order valence-electron chi connectivity index (χ2n) is 7.59. The molecule has 1 aromatic heterocycles. The Morgan fingerprint density at radius 3 is 1.89 bits per heavy atom. The van der Waals surface area contributed by atoms with E-state index in [1.165, 1.54) is 64.2 Å². The highest BCUT2D eigenvalue weighted by Gasteiger charge is 2.09. The summed E-state index contributed by atoms with van der Waals surface area (Å²) in [7, 11) is 0. The standard InChI is InChI=1S/C24H38N2O2/c1-3-5-7-9-11-13-18-27-22-17-15-16-21-23(20-25-26-24(21)22)28-19-14-12-10-8-6-4-2/h15-17,20H,3-14,18-19H2,1-2H3. The van der Waals surface area contributed by atoms with Crippen molar-refractivity contribution in [3.63, 3.8) is 0 Å². The minimum atomic E-state index is 0.732. The fraction of sp³-hybridized carbons (Fsp3) is 0.667. The van der Waals surface area contributed by atoms with E-state index in [1.54, 1.807) is 6.20 Å². The summed E-state index contributed by atoms with van der Waals surface area (Å²) < 4.78 is 12.0. The van der Waals surface area contributed by atoms with Crippen molar-refractivity contribution in [1.29, 1.82) is 0 Å². The third-order valence-electron chi connectivity index (χ3n) is 5.11. The van der Waals surface area contributed by atoms with Gasteiger partial charge in [0.05, 0.1) is 19.4 Å². The van der Waals surface area contributed by atoms with E-state index in [1.807, 2.05) is 18.2 Å². The van der Waals surface area contributed by atoms with Gasteiger partial charge in [0.25, 0.3) is 0 Å². The zero-order chi connectivity index (χ0) is 19.9. The van der Waals surface area contributed by atoms with Gasteiger partial charge < -0.3 is 9.47 Å². The monoisotopic (exact) mass is 386 g/mol. The van der Waals surface area contributed by atoms with E-state index in [4.69, 9.17) is 9.47 Å². The third kappa shape index (κ3) is 8.04. The quantitative estimate of drug-likeness (QED) is 0.288. The van der Waals surface area contributed by atoms with Gasteiger partial charge >= 0.3 is 0 Å². The molecule has 0 N–H and O–H groups in total. The van der Waals surface area contributed by atoms with Crippen LogP contribution in [-0.2, 0) is 0 Å². The van der Waals surface area contributed by atoms with Crippen molar-refractivity contribution in [3.05, 3.63) is 24.4 Å². The van der Waals surface area contributed by atoms with Gasteiger partial charge in [-0.2, -0.15) is 5.10 Å². The van der Waals surface area contributed by atoms with Gasteiger partial charge in [-0.3, -0.25) is 0 Å². The second kappa shape index (κ2) is 14.2. The summed E-state index contributed by atoms with van der Waals surface area (Å²) in [5.41, 5.74) is 0.800. The fourth-order valence-electron chi connectivity index (χ4n) is 3.39. The van der Waals surface area contributed by atoms with Gasteiger partial charge in [-0.1, -0.05) is 84.1 Å². The molecule has 0 fully saturated rings. The number of hydrogen-bond donors (Lipinski definition) is 0. The molecule has 28 heavy (non-hydrogen) atoms. The van der Waals surface area contributed by atoms with E-state index in [2.05, 4.69) is 24.0 Å². The number of aromatic nitrogens is 2. The summed E-state index contributed by atoms with van der Waals surface area (Å²) in [6.07, 6.45) is 16.8. The van der Waals surface area contributed by atoms with Gasteiger partial charge in [-0.05, 0) is 25.0 Å². The highest BCUT2D eigenvalue weighted by atomic mass is 16.5. The van der Waals surface area contributed by atoms with Crippen molar-refractivity contribution in [1.82, 2.24) is 10.2 Å². The summed E-state index contributed by atoms with van der Waals surface area (Å²) in [6, 6.07) is 6.03. The molecule has 0 saturated heterocycles. The molecule has 2 aromatic rings. The van der Waals surface area contributed by atoms with Crippen LogP contribution in [0.5, 0.6) is 11.5 Å². The topological polar surface area (TPSA) is 44.2 Å². The van der Waals surface area contributed by atoms with Crippen LogP contribution in [-0.4, -0.2) is 23.4 Å². The number of nitrogens with zero attached hydrogens (tertiary/aromatic N) is 2. The molecule has 2 rings (SSSR count). The minimum Gasteiger partial charge on any atom is -0.491 e. The molecule has 0 spiro atoms. The molecule has 0 radical (unpaired) electrons. The summed E-state index contributed by atoms with van der Waals surface area (Å²) in [4.78, 5) is 0. The molecule has 156 valence electrons. The van der Waals surface area contributed by atoms with E-state index < -0.39 is 0 Å². The number of fused-ring (bicyclic) bond motifs is 1. The number of benzene rings is 1. The Labute approximate surface area is 171 Å². The Bertz CT molecular complexity index is 603. The molecule has 0 aliphatic rings. The van der Waals surface area contributed by atoms with E-state index in [-0.39, 0.29) is 0 Å². The van der Waals surface area contributed by atoms with Crippen LogP contribution in [0.25, 0.3) is 10.9 Å². The first-order chi connectivity index (χ1) is 13.9. The highest BCUT2D eigenvalue weighted by Crippen LogP contribution is 2.29. The molecule has 0 bridgehead atoms. The Balaban J connectivity index is 1.80. The Morgan fingerprint density at radius 1 is 0.679 bits per heavy atom. The highest BCUT2D eigenvalue weighted by molar-refractivity contribution is 5.88. The van der Waals surface area contributed by atoms with E-state index >= 15 is 0 Å². The summed E-state index contributed by atoms with van der Waals surface area (Å²) in [5.74, 6) is 1.62. The lowest BCUT2D eigenvalue weighted by atomic mass is 10.1. The zero-order valence-electron chi connectivity index (χ0n) is 17.9. The van der Waals surface area contributed by atoms with Crippen LogP contribution in [0.4, 0.5) is 0 Å². The first kappa shape index (κ1) is 22.4. The van der Waals surface area contributed by atoms with Crippen LogP contribution in [0.1, 0.15) is 90.9 Å². The summed E-state index contributed by atoms with van der Waals surface area (Å²) in [5, 5.41) is 9.43. The van der Waals surface area contributed by atoms with Gasteiger partial charge in [0.15, 0.2) is 0 Å². The molecule has 1 heterocycles. The van der Waals surface area contributed by atoms with Gasteiger partial charge in [0, 0.05) is 5.39 Å². The van der Waals surface area contributed by atoms with E-state index in [0.717, 1.165) is 48.5 Å². The van der Waals surface area contributed by atoms with Crippen LogP contribution >= 0.6 is 0 Å². The molecule has 4 heteroatoms. The van der Waals surface area contributed by atoms with Crippen LogP contribution in [0.2, 0.25) is 0 Å². The van der Waals surface area contributed by atoms with Crippen LogP contribution in [0.3, 0.4) is 0 Å². The van der Waals surface area contributed by atoms with Crippen LogP contribution in [0, 0.1) is 0 Å². The van der Waals surface area contributed by atoms with Crippen molar-refractivity contribution in [3.8, 4) is 11.5 Å². The predicted octanol–water partition coefficient (Wildman–Crippen LogP) is 7.11. The Morgan fingerprint density at radius 2 is 1.25 bits per heavy atom. The van der Waals surface area contributed by atoms with E-state index in [0.29, 0.717) is 0 Å². The minimum absolute atomic E-state index is 0.732. The molecule has 1 aromatic carbocycles. The van der Waals surface area contributed by atoms with Crippen LogP contribution in [0.15, 0.2) is 24.4 Å². The maximum atomic E-state index is 6.00. The van der Waals surface area contributed by atoms with Crippen molar-refractivity contribution >= 4 is 10.9 Å². The Hall–Kier alpha value is -1.84. The molecule has 4 nitrogen and oxygen atoms in total. The van der Waals surface area contributed by atoms with Gasteiger partial charge in [0.1, 0.15) is 17.0 Å². The maximum absolute atomic E-state index is 6.00. The Kier molecular flexibility index (Phi) is 11.4. The first-order valence-corrected chi connectivity index (χ1v) is 11.4. The molecular weight excluding hydrogens is 348 g/mol. The largest absolute Gasteiger partial charge is 0.491 e. The lowest BCUT2D eigenvalue weighted by Gasteiger charge is -2.11. The lowest BCUT2D eigenvalue weighted by molar-refractivity contribution is 0.303. The smallest absolute Gasteiger partial charge is 0.149 e. The number of ether oxygens (including phenoxy) is 2. The van der Waals surface area contributed by atoms with Crippen molar-refractivity contribution < 1.29 is 9.47 Å². The number of unbranched alkanes of at least 4 members (excludes halogenated alkanes) is 10. The van der Waals surface area contributed by atoms with Gasteiger partial charge in [0.2, 0.25) is 0 Å². The number of rotatable bonds is 16. The molecular formula is C24H38N2O2. The zero-order valence-corrected chi connectivity index (χ0v) is 17.9. The fourth-order valence-corrected chi connectivity index (χ4v) is 3.39. The molecule has 0 unspecified atom stereocenters. The van der Waals surface area contributed by atoms with Gasteiger partial charge in [-0.15, -0.1) is 5.10 Å². The lowest BCUT2D eigenvalue weighted by Crippen LogP contribution is -2.02. The average molecular weight is 387 g/mol. The average Bonchev–Trinajstić information content (AvgIpc) is 2.72. The van der Waals surface area contributed by atoms with Gasteiger partial charge in [-0.25, -0.2) is 0 Å². The molecule has 0 aliphatic heterocycles. The molecule has 0 aliphatic carbocycles. The predicted molar refractivity (Wildman–Crippen MR) is 117 cm³/mol. The normalized spacial score (nSPS) is 11.1. The first-order valence-electron chi connectivity index (χ1n) is 11.4. The summed E-state index contributed by atoms with van der Waals surface area (Å²) >= 11 is 0. The number of hydrogen-bond acceptors (Lipinski definition) is 4.